The number of rotatable bonds is 6. The summed E-state index contributed by atoms with van der Waals surface area (Å²) >= 11 is 0. The lowest BCUT2D eigenvalue weighted by molar-refractivity contribution is 0.126. The lowest BCUT2D eigenvalue weighted by Crippen LogP contribution is -2.42. The average molecular weight is 411 g/mol. The van der Waals surface area contributed by atoms with Crippen LogP contribution in [0.1, 0.15) is 12.8 Å². The first-order valence-electron chi connectivity index (χ1n) is 8.52. The monoisotopic (exact) mass is 411 g/mol. The topological polar surface area (TPSA) is 97.4 Å². The van der Waals surface area contributed by atoms with Crippen molar-refractivity contribution >= 4 is 21.7 Å². The number of anilines is 1. The van der Waals surface area contributed by atoms with E-state index in [1.807, 2.05) is 0 Å². The van der Waals surface area contributed by atoms with E-state index in [2.05, 4.69) is 25.1 Å². The van der Waals surface area contributed by atoms with Gasteiger partial charge in [-0.15, -0.1) is 0 Å². The molecule has 3 rings (SSSR count). The molecule has 150 valence electrons. The minimum atomic E-state index is -3.20. The van der Waals surface area contributed by atoms with Crippen LogP contribution in [-0.2, 0) is 16.6 Å². The molecule has 0 spiro atoms. The van der Waals surface area contributed by atoms with Crippen LogP contribution in [0.2, 0.25) is 0 Å². The van der Waals surface area contributed by atoms with Gasteiger partial charge in [0, 0.05) is 31.5 Å². The molecule has 0 aliphatic carbocycles. The van der Waals surface area contributed by atoms with Gasteiger partial charge in [0.1, 0.15) is 5.69 Å². The van der Waals surface area contributed by atoms with Crippen molar-refractivity contribution in [2.24, 2.45) is 0 Å². The summed E-state index contributed by atoms with van der Waals surface area (Å²) in [5.74, 6) is 0.281. The number of nitrogens with one attached hydrogen (secondary N) is 1. The molecule has 9 nitrogen and oxygen atoms in total. The van der Waals surface area contributed by atoms with Crippen LogP contribution in [-0.4, -0.2) is 64.1 Å². The summed E-state index contributed by atoms with van der Waals surface area (Å²) in [7, 11) is -3.20. The number of nitrogens with zero attached hydrogens (tertiary/aromatic N) is 6. The minimum Gasteiger partial charge on any atom is -0.351 e. The number of imidazole rings is 1. The van der Waals surface area contributed by atoms with Gasteiger partial charge in [-0.3, -0.25) is 0 Å². The third-order valence-corrected chi connectivity index (χ3v) is 5.67. The first-order valence-corrected chi connectivity index (χ1v) is 10.4. The number of hydrogen-bond acceptors (Lipinski definition) is 6. The number of piperidine rings is 1. The fourth-order valence-electron chi connectivity index (χ4n) is 2.97. The van der Waals surface area contributed by atoms with Gasteiger partial charge in [-0.2, -0.15) is 0 Å². The lowest BCUT2D eigenvalue weighted by atomic mass is 10.1. The van der Waals surface area contributed by atoms with Gasteiger partial charge < -0.3 is 9.88 Å². The summed E-state index contributed by atoms with van der Waals surface area (Å²) in [6, 6.07) is -0.0129. The third kappa shape index (κ3) is 4.79. The maximum absolute atomic E-state index is 12.5. The van der Waals surface area contributed by atoms with Gasteiger partial charge >= 0.3 is 0 Å². The second kappa shape index (κ2) is 8.15. The van der Waals surface area contributed by atoms with Crippen molar-refractivity contribution in [3.8, 4) is 11.4 Å². The van der Waals surface area contributed by atoms with E-state index in [1.165, 1.54) is 33.8 Å². The molecule has 0 aromatic carbocycles. The van der Waals surface area contributed by atoms with E-state index >= 15 is 0 Å². The van der Waals surface area contributed by atoms with E-state index in [0.717, 1.165) is 0 Å². The van der Waals surface area contributed by atoms with Crippen molar-refractivity contribution in [3.63, 3.8) is 0 Å². The molecule has 0 saturated carbocycles. The Bertz CT molecular complexity index is 979. The molecule has 28 heavy (non-hydrogen) atoms. The highest BCUT2D eigenvalue weighted by Crippen LogP contribution is 2.28. The molecule has 1 saturated heterocycles. The molecule has 0 bridgehead atoms. The predicted molar refractivity (Wildman–Crippen MR) is 98.6 cm³/mol. The Morgan fingerprint density at radius 3 is 2.68 bits per heavy atom. The van der Waals surface area contributed by atoms with Crippen LogP contribution in [0.3, 0.4) is 0 Å². The van der Waals surface area contributed by atoms with E-state index in [1.54, 1.807) is 0 Å². The molecular formula is C16H19F2N7O2S. The van der Waals surface area contributed by atoms with Gasteiger partial charge in [-0.05, 0) is 12.8 Å². The molecule has 0 atom stereocenters. The summed E-state index contributed by atoms with van der Waals surface area (Å²) in [6.07, 6.45) is 3.91. The highest BCUT2D eigenvalue weighted by atomic mass is 32.2. The zero-order valence-corrected chi connectivity index (χ0v) is 15.9. The molecule has 12 heteroatoms. The summed E-state index contributed by atoms with van der Waals surface area (Å²) in [5, 5.41) is 3.15. The van der Waals surface area contributed by atoms with Crippen LogP contribution in [0.25, 0.3) is 16.2 Å². The number of halogens is 2. The number of hydrogen-bond donors (Lipinski definition) is 1. The van der Waals surface area contributed by atoms with Crippen LogP contribution in [0.5, 0.6) is 0 Å². The van der Waals surface area contributed by atoms with Gasteiger partial charge in [0.2, 0.25) is 21.7 Å². The first kappa shape index (κ1) is 20.1. The minimum absolute atomic E-state index is 0.0129. The van der Waals surface area contributed by atoms with Gasteiger partial charge in [-0.25, -0.2) is 41.3 Å². The smallest absolute Gasteiger partial charge is 0.256 e. The quantitative estimate of drug-likeness (QED) is 0.730. The van der Waals surface area contributed by atoms with Crippen molar-refractivity contribution in [2.75, 3.05) is 24.7 Å². The van der Waals surface area contributed by atoms with Gasteiger partial charge in [0.15, 0.2) is 0 Å². The Kier molecular flexibility index (Phi) is 5.85. The number of alkyl halides is 2. The third-order valence-electron chi connectivity index (χ3n) is 4.37. The van der Waals surface area contributed by atoms with Crippen LogP contribution < -0.4 is 5.32 Å². The Labute approximate surface area is 161 Å². The van der Waals surface area contributed by atoms with Crippen molar-refractivity contribution < 1.29 is 17.2 Å². The van der Waals surface area contributed by atoms with Crippen LogP contribution in [0.4, 0.5) is 20.4 Å². The summed E-state index contributed by atoms with van der Waals surface area (Å²) in [5.41, 5.74) is 0.734. The van der Waals surface area contributed by atoms with Crippen LogP contribution in [0.15, 0.2) is 18.7 Å². The SMILES string of the molecule is [C-]#[N+]c1cnc(NC2CCN(S(C)(=O)=O)CC2)nc1-c1cn(CC(F)F)cn1. The Morgan fingerprint density at radius 2 is 2.07 bits per heavy atom. The van der Waals surface area contributed by atoms with E-state index < -0.39 is 23.0 Å². The van der Waals surface area contributed by atoms with E-state index in [-0.39, 0.29) is 23.4 Å². The van der Waals surface area contributed by atoms with Gasteiger partial charge in [-0.1, -0.05) is 0 Å². The van der Waals surface area contributed by atoms with Crippen molar-refractivity contribution in [2.45, 2.75) is 31.9 Å². The second-order valence-electron chi connectivity index (χ2n) is 6.47. The molecule has 0 unspecified atom stereocenters. The molecular weight excluding hydrogens is 392 g/mol. The van der Waals surface area contributed by atoms with Crippen molar-refractivity contribution in [1.82, 2.24) is 23.8 Å². The molecule has 2 aromatic heterocycles. The normalized spacial score (nSPS) is 16.2. The number of aromatic nitrogens is 4. The Balaban J connectivity index is 1.75. The maximum atomic E-state index is 12.5. The molecule has 3 heterocycles. The van der Waals surface area contributed by atoms with Gasteiger partial charge in [0.05, 0.1) is 31.4 Å². The molecule has 1 N–H and O–H groups in total. The summed E-state index contributed by atoms with van der Waals surface area (Å²) in [4.78, 5) is 15.9. The standard InChI is InChI=1S/C16H19F2N7O2S/c1-19-12-7-20-16(22-11-3-5-25(6-4-11)28(2,26)27)23-15(12)13-8-24(10-21-13)9-14(17)18/h7-8,10-11,14H,3-6,9H2,2H3,(H,20,22,23). The van der Waals surface area contributed by atoms with E-state index in [9.17, 15) is 17.2 Å². The molecule has 1 aliphatic rings. The van der Waals surface area contributed by atoms with Crippen LogP contribution >= 0.6 is 0 Å². The summed E-state index contributed by atoms with van der Waals surface area (Å²) in [6.45, 7) is 7.58. The second-order valence-corrected chi connectivity index (χ2v) is 8.45. The zero-order valence-electron chi connectivity index (χ0n) is 15.1. The number of sulfonamides is 1. The molecule has 0 radical (unpaired) electrons. The van der Waals surface area contributed by atoms with Crippen molar-refractivity contribution in [3.05, 3.63) is 30.1 Å². The summed E-state index contributed by atoms with van der Waals surface area (Å²) < 4.78 is 50.9. The first-order chi connectivity index (χ1) is 13.3. The lowest BCUT2D eigenvalue weighted by Gasteiger charge is -2.30. The molecule has 2 aromatic rings. The van der Waals surface area contributed by atoms with Gasteiger partial charge in [0.25, 0.3) is 6.43 Å². The average Bonchev–Trinajstić information content (AvgIpc) is 3.09. The maximum Gasteiger partial charge on any atom is 0.256 e. The largest absolute Gasteiger partial charge is 0.351 e. The molecule has 1 aliphatic heterocycles. The highest BCUT2D eigenvalue weighted by Gasteiger charge is 2.25. The predicted octanol–water partition coefficient (Wildman–Crippen LogP) is 1.99. The highest BCUT2D eigenvalue weighted by molar-refractivity contribution is 7.88. The fraction of sp³-hybridized carbons (Fsp3) is 0.500. The Morgan fingerprint density at radius 1 is 1.36 bits per heavy atom. The molecule has 0 amide bonds. The van der Waals surface area contributed by atoms with Crippen molar-refractivity contribution in [1.29, 1.82) is 0 Å². The van der Waals surface area contributed by atoms with E-state index in [0.29, 0.717) is 31.6 Å². The fourth-order valence-corrected chi connectivity index (χ4v) is 3.85. The van der Waals surface area contributed by atoms with Crippen LogP contribution in [0, 0.1) is 6.57 Å². The zero-order chi connectivity index (χ0) is 20.3. The molecule has 1 fully saturated rings. The van der Waals surface area contributed by atoms with E-state index in [4.69, 9.17) is 6.57 Å². The Hall–Kier alpha value is -2.65.